The average Bonchev–Trinajstić information content (AvgIpc) is 3.00. The minimum Gasteiger partial charge on any atom is -0.444 e. The first-order valence-corrected chi connectivity index (χ1v) is 8.17. The van der Waals surface area contributed by atoms with Gasteiger partial charge in [-0.05, 0) is 18.5 Å². The molecule has 0 spiro atoms. The molecule has 0 fully saturated rings. The number of benzene rings is 1. The van der Waals surface area contributed by atoms with Crippen LogP contribution in [0.5, 0.6) is 0 Å². The van der Waals surface area contributed by atoms with Crippen LogP contribution in [-0.4, -0.2) is 36.4 Å². The molecular formula is C16H18N4O4S. The molecule has 1 aromatic heterocycles. The number of nitrogens with one attached hydrogen (secondary N) is 3. The van der Waals surface area contributed by atoms with E-state index < -0.39 is 24.0 Å². The van der Waals surface area contributed by atoms with E-state index in [0.717, 1.165) is 11.5 Å². The van der Waals surface area contributed by atoms with Gasteiger partial charge in [0, 0.05) is 19.7 Å². The van der Waals surface area contributed by atoms with Crippen LogP contribution in [0.25, 0.3) is 0 Å². The SMILES string of the molecule is CNC(=O)NC(=O)[C@H](OC(=O)c1c(C)nsc1NC)c1ccccc1. The zero-order valence-corrected chi connectivity index (χ0v) is 14.8. The molecule has 0 saturated carbocycles. The summed E-state index contributed by atoms with van der Waals surface area (Å²) >= 11 is 1.12. The van der Waals surface area contributed by atoms with Crippen molar-refractivity contribution in [1.82, 2.24) is 15.0 Å². The highest BCUT2D eigenvalue weighted by atomic mass is 32.1. The number of carbonyl (C=O) groups excluding carboxylic acids is 3. The summed E-state index contributed by atoms with van der Waals surface area (Å²) in [6.45, 7) is 1.68. The molecule has 2 rings (SSSR count). The Kier molecular flexibility index (Phi) is 6.07. The number of hydrogen-bond acceptors (Lipinski definition) is 7. The quantitative estimate of drug-likeness (QED) is 0.700. The van der Waals surface area contributed by atoms with Crippen LogP contribution in [0.1, 0.15) is 27.7 Å². The van der Waals surface area contributed by atoms with Crippen LogP contribution in [0.15, 0.2) is 30.3 Å². The number of nitrogens with zero attached hydrogens (tertiary/aromatic N) is 1. The van der Waals surface area contributed by atoms with E-state index in [2.05, 4.69) is 20.3 Å². The zero-order valence-electron chi connectivity index (χ0n) is 14.0. The Bertz CT molecular complexity index is 776. The number of amides is 3. The first-order chi connectivity index (χ1) is 12.0. The molecule has 3 amide bonds. The Morgan fingerprint density at radius 1 is 1.16 bits per heavy atom. The molecule has 0 aliphatic rings. The van der Waals surface area contributed by atoms with Gasteiger partial charge >= 0.3 is 12.0 Å². The van der Waals surface area contributed by atoms with Crippen LogP contribution in [0.3, 0.4) is 0 Å². The number of aryl methyl sites for hydroxylation is 1. The van der Waals surface area contributed by atoms with Crippen LogP contribution in [0.4, 0.5) is 9.80 Å². The average molecular weight is 362 g/mol. The Labute approximate surface area is 148 Å². The fourth-order valence-electron chi connectivity index (χ4n) is 2.09. The van der Waals surface area contributed by atoms with Gasteiger partial charge in [-0.3, -0.25) is 10.1 Å². The highest BCUT2D eigenvalue weighted by Crippen LogP contribution is 2.27. The van der Waals surface area contributed by atoms with Crippen molar-refractivity contribution in [2.75, 3.05) is 19.4 Å². The van der Waals surface area contributed by atoms with E-state index in [1.807, 2.05) is 0 Å². The normalized spacial score (nSPS) is 11.3. The van der Waals surface area contributed by atoms with Gasteiger partial charge in [0.25, 0.3) is 5.91 Å². The molecule has 2 aromatic rings. The van der Waals surface area contributed by atoms with Gasteiger partial charge in [0.05, 0.1) is 5.69 Å². The molecule has 9 heteroatoms. The lowest BCUT2D eigenvalue weighted by Gasteiger charge is -2.17. The topological polar surface area (TPSA) is 109 Å². The maximum atomic E-state index is 12.6. The molecule has 0 saturated heterocycles. The van der Waals surface area contributed by atoms with Crippen molar-refractivity contribution in [3.63, 3.8) is 0 Å². The molecule has 0 aliphatic heterocycles. The number of aromatic nitrogens is 1. The third-order valence-electron chi connectivity index (χ3n) is 3.32. The molecule has 8 nitrogen and oxygen atoms in total. The lowest BCUT2D eigenvalue weighted by Crippen LogP contribution is -2.41. The van der Waals surface area contributed by atoms with Crippen LogP contribution < -0.4 is 16.0 Å². The predicted molar refractivity (Wildman–Crippen MR) is 93.6 cm³/mol. The second-order valence-corrected chi connectivity index (χ2v) is 5.76. The Balaban J connectivity index is 2.30. The van der Waals surface area contributed by atoms with Crippen molar-refractivity contribution in [3.05, 3.63) is 47.2 Å². The molecule has 0 bridgehead atoms. The van der Waals surface area contributed by atoms with E-state index in [9.17, 15) is 14.4 Å². The maximum absolute atomic E-state index is 12.6. The number of hydrogen-bond donors (Lipinski definition) is 3. The Hall–Kier alpha value is -2.94. The van der Waals surface area contributed by atoms with Crippen LogP contribution in [0, 0.1) is 6.92 Å². The van der Waals surface area contributed by atoms with Crippen molar-refractivity contribution < 1.29 is 19.1 Å². The summed E-state index contributed by atoms with van der Waals surface area (Å²) in [5.74, 6) is -1.44. The summed E-state index contributed by atoms with van der Waals surface area (Å²) in [4.78, 5) is 36.4. The van der Waals surface area contributed by atoms with Crippen molar-refractivity contribution in [2.45, 2.75) is 13.0 Å². The number of anilines is 1. The minimum absolute atomic E-state index is 0.265. The van der Waals surface area contributed by atoms with E-state index in [-0.39, 0.29) is 5.56 Å². The molecule has 25 heavy (non-hydrogen) atoms. The van der Waals surface area contributed by atoms with Gasteiger partial charge in [0.15, 0.2) is 0 Å². The molecule has 1 atom stereocenters. The van der Waals surface area contributed by atoms with Gasteiger partial charge in [-0.1, -0.05) is 30.3 Å². The van der Waals surface area contributed by atoms with E-state index in [4.69, 9.17) is 4.74 Å². The molecule has 3 N–H and O–H groups in total. The number of ether oxygens (including phenoxy) is 1. The third kappa shape index (κ3) is 4.32. The van der Waals surface area contributed by atoms with E-state index in [0.29, 0.717) is 16.3 Å². The van der Waals surface area contributed by atoms with Crippen LogP contribution >= 0.6 is 11.5 Å². The van der Waals surface area contributed by atoms with Crippen molar-refractivity contribution in [3.8, 4) is 0 Å². The van der Waals surface area contributed by atoms with Crippen molar-refractivity contribution >= 4 is 34.4 Å². The molecule has 0 radical (unpaired) electrons. The fraction of sp³-hybridized carbons (Fsp3) is 0.250. The summed E-state index contributed by atoms with van der Waals surface area (Å²) < 4.78 is 9.52. The summed E-state index contributed by atoms with van der Waals surface area (Å²) in [5, 5.41) is 7.82. The molecule has 132 valence electrons. The molecule has 0 unspecified atom stereocenters. The Morgan fingerprint density at radius 2 is 1.84 bits per heavy atom. The van der Waals surface area contributed by atoms with E-state index >= 15 is 0 Å². The Morgan fingerprint density at radius 3 is 2.44 bits per heavy atom. The van der Waals surface area contributed by atoms with Crippen LogP contribution in [-0.2, 0) is 9.53 Å². The number of urea groups is 1. The lowest BCUT2D eigenvalue weighted by atomic mass is 10.1. The van der Waals surface area contributed by atoms with Gasteiger partial charge in [-0.25, -0.2) is 9.59 Å². The largest absolute Gasteiger partial charge is 0.444 e. The highest BCUT2D eigenvalue weighted by Gasteiger charge is 2.29. The molecular weight excluding hydrogens is 344 g/mol. The maximum Gasteiger partial charge on any atom is 0.344 e. The number of carbonyl (C=O) groups is 3. The summed E-state index contributed by atoms with van der Waals surface area (Å²) in [6.07, 6.45) is -1.27. The first kappa shape index (κ1) is 18.4. The van der Waals surface area contributed by atoms with Crippen molar-refractivity contribution in [1.29, 1.82) is 0 Å². The molecule has 0 aliphatic carbocycles. The second kappa shape index (κ2) is 8.25. The summed E-state index contributed by atoms with van der Waals surface area (Å²) in [7, 11) is 3.04. The van der Waals surface area contributed by atoms with Gasteiger partial charge in [-0.15, -0.1) is 0 Å². The van der Waals surface area contributed by atoms with E-state index in [1.165, 1.54) is 7.05 Å². The van der Waals surface area contributed by atoms with Crippen LogP contribution in [0.2, 0.25) is 0 Å². The standard InChI is InChI=1S/C16H18N4O4S/c1-9-11(14(17-2)25-20-9)15(22)24-12(10-7-5-4-6-8-10)13(21)19-16(23)18-3/h4-8,12,17H,1-3H3,(H2,18,19,21,23)/t12-/m1/s1. The van der Waals surface area contributed by atoms with Gasteiger partial charge in [-0.2, -0.15) is 4.37 Å². The molecule has 1 aromatic carbocycles. The zero-order chi connectivity index (χ0) is 18.4. The number of rotatable bonds is 5. The minimum atomic E-state index is -1.27. The predicted octanol–water partition coefficient (Wildman–Crippen LogP) is 1.85. The highest BCUT2D eigenvalue weighted by molar-refractivity contribution is 7.10. The number of esters is 1. The van der Waals surface area contributed by atoms with E-state index in [1.54, 1.807) is 44.3 Å². The van der Waals surface area contributed by atoms with Gasteiger partial charge in [0.1, 0.15) is 10.6 Å². The monoisotopic (exact) mass is 362 g/mol. The number of imide groups is 1. The fourth-order valence-corrected chi connectivity index (χ4v) is 2.82. The summed E-state index contributed by atoms with van der Waals surface area (Å²) in [5.41, 5.74) is 1.21. The summed E-state index contributed by atoms with van der Waals surface area (Å²) in [6, 6.07) is 7.77. The van der Waals surface area contributed by atoms with Gasteiger partial charge < -0.3 is 15.4 Å². The van der Waals surface area contributed by atoms with Crippen molar-refractivity contribution in [2.24, 2.45) is 0 Å². The lowest BCUT2D eigenvalue weighted by molar-refractivity contribution is -0.129. The second-order valence-electron chi connectivity index (χ2n) is 4.99. The third-order valence-corrected chi connectivity index (χ3v) is 4.28. The van der Waals surface area contributed by atoms with Gasteiger partial charge in [0.2, 0.25) is 6.10 Å². The molecule has 1 heterocycles. The first-order valence-electron chi connectivity index (χ1n) is 7.40. The smallest absolute Gasteiger partial charge is 0.344 e.